The van der Waals surface area contributed by atoms with Crippen molar-refractivity contribution >= 4 is 33.6 Å². The Balaban J connectivity index is 1.29. The summed E-state index contributed by atoms with van der Waals surface area (Å²) >= 11 is 0. The quantitative estimate of drug-likeness (QED) is 0.482. The van der Waals surface area contributed by atoms with Crippen molar-refractivity contribution in [1.82, 2.24) is 14.9 Å². The molecule has 2 aromatic carbocycles. The Morgan fingerprint density at radius 1 is 0.879 bits per heavy atom. The van der Waals surface area contributed by atoms with Crippen molar-refractivity contribution < 1.29 is 22.8 Å². The maximum absolute atomic E-state index is 12.4. The molecule has 1 aliphatic rings. The zero-order valence-corrected chi connectivity index (χ0v) is 18.3. The summed E-state index contributed by atoms with van der Waals surface area (Å²) in [5.41, 5.74) is 1.44. The molecular weight excluding hydrogens is 444 g/mol. The van der Waals surface area contributed by atoms with Crippen molar-refractivity contribution in [3.63, 3.8) is 0 Å². The van der Waals surface area contributed by atoms with Gasteiger partial charge in [-0.2, -0.15) is 0 Å². The van der Waals surface area contributed by atoms with Crippen LogP contribution in [0.3, 0.4) is 0 Å². The highest BCUT2D eigenvalue weighted by Crippen LogP contribution is 2.23. The van der Waals surface area contributed by atoms with Crippen LogP contribution in [0.15, 0.2) is 71.9 Å². The number of carbonyl (C=O) groups excluding carboxylic acids is 3. The SMILES string of the molecule is O=C(CCCN1C(=O)c2ccccc2C1=O)Cc1ccc(S(=O)(=O)Nc2ncccn2)cc1. The van der Waals surface area contributed by atoms with Crippen LogP contribution in [0.1, 0.15) is 39.1 Å². The lowest BCUT2D eigenvalue weighted by Gasteiger charge is -2.13. The molecule has 1 aromatic heterocycles. The first-order valence-electron chi connectivity index (χ1n) is 10.2. The van der Waals surface area contributed by atoms with E-state index in [1.807, 2.05) is 0 Å². The Labute approximate surface area is 190 Å². The van der Waals surface area contributed by atoms with Gasteiger partial charge in [0.2, 0.25) is 5.95 Å². The molecule has 3 aromatic rings. The maximum atomic E-state index is 12.4. The lowest BCUT2D eigenvalue weighted by Crippen LogP contribution is -2.31. The molecule has 0 bridgehead atoms. The summed E-state index contributed by atoms with van der Waals surface area (Å²) in [6, 6.07) is 14.2. The monoisotopic (exact) mass is 464 g/mol. The standard InChI is InChI=1S/C23H20N4O5S/c28-17(5-3-14-27-21(29)19-6-1-2-7-20(19)22(27)30)15-16-8-10-18(11-9-16)33(31,32)26-23-24-12-4-13-25-23/h1-2,4,6-13H,3,5,14-15H2,(H,24,25,26). The number of nitrogens with one attached hydrogen (secondary N) is 1. The van der Waals surface area contributed by atoms with Gasteiger partial charge in [-0.15, -0.1) is 0 Å². The molecule has 0 saturated carbocycles. The van der Waals surface area contributed by atoms with Gasteiger partial charge < -0.3 is 0 Å². The summed E-state index contributed by atoms with van der Waals surface area (Å²) in [5, 5.41) is 0. The van der Waals surface area contributed by atoms with Gasteiger partial charge in [0, 0.05) is 31.8 Å². The fourth-order valence-corrected chi connectivity index (χ4v) is 4.47. The van der Waals surface area contributed by atoms with E-state index in [0.29, 0.717) is 23.1 Å². The fourth-order valence-electron chi connectivity index (χ4n) is 3.51. The highest BCUT2D eigenvalue weighted by molar-refractivity contribution is 7.92. The van der Waals surface area contributed by atoms with Crippen LogP contribution in [0.5, 0.6) is 0 Å². The smallest absolute Gasteiger partial charge is 0.264 e. The lowest BCUT2D eigenvalue weighted by molar-refractivity contribution is -0.118. The molecular formula is C23H20N4O5S. The number of anilines is 1. The van der Waals surface area contributed by atoms with Crippen molar-refractivity contribution in [2.24, 2.45) is 0 Å². The summed E-state index contributed by atoms with van der Waals surface area (Å²) in [7, 11) is -3.84. The zero-order valence-electron chi connectivity index (χ0n) is 17.5. The van der Waals surface area contributed by atoms with E-state index in [4.69, 9.17) is 0 Å². The number of fused-ring (bicyclic) bond motifs is 1. The van der Waals surface area contributed by atoms with Crippen LogP contribution >= 0.6 is 0 Å². The molecule has 0 spiro atoms. The number of sulfonamides is 1. The van der Waals surface area contributed by atoms with E-state index >= 15 is 0 Å². The number of benzene rings is 2. The Morgan fingerprint density at radius 3 is 2.09 bits per heavy atom. The second kappa shape index (κ2) is 9.29. The zero-order chi connectivity index (χ0) is 23.4. The van der Waals surface area contributed by atoms with Crippen LogP contribution in [0, 0.1) is 0 Å². The van der Waals surface area contributed by atoms with E-state index in [0.717, 1.165) is 0 Å². The first-order valence-corrected chi connectivity index (χ1v) is 11.7. The van der Waals surface area contributed by atoms with Crippen molar-refractivity contribution in [3.8, 4) is 0 Å². The first-order chi connectivity index (χ1) is 15.8. The number of hydrogen-bond acceptors (Lipinski definition) is 7. The Bertz CT molecular complexity index is 1270. The topological polar surface area (TPSA) is 126 Å². The molecule has 0 saturated heterocycles. The number of rotatable bonds is 9. The third-order valence-electron chi connectivity index (χ3n) is 5.14. The second-order valence-electron chi connectivity index (χ2n) is 7.45. The molecule has 9 nitrogen and oxygen atoms in total. The molecule has 1 aliphatic heterocycles. The number of nitrogens with zero attached hydrogens (tertiary/aromatic N) is 3. The highest BCUT2D eigenvalue weighted by Gasteiger charge is 2.34. The number of aromatic nitrogens is 2. The Kier molecular flexibility index (Phi) is 6.27. The molecule has 0 unspecified atom stereocenters. The first kappa shape index (κ1) is 22.3. The summed E-state index contributed by atoms with van der Waals surface area (Å²) < 4.78 is 27.1. The van der Waals surface area contributed by atoms with Crippen LogP contribution in [0.25, 0.3) is 0 Å². The van der Waals surface area contributed by atoms with E-state index in [-0.39, 0.29) is 47.8 Å². The molecule has 168 valence electrons. The molecule has 33 heavy (non-hydrogen) atoms. The number of ketones is 1. The number of carbonyl (C=O) groups is 3. The molecule has 0 fully saturated rings. The van der Waals surface area contributed by atoms with Gasteiger partial charge in [-0.3, -0.25) is 19.3 Å². The molecule has 4 rings (SSSR count). The molecule has 1 N–H and O–H groups in total. The van der Waals surface area contributed by atoms with Crippen LogP contribution in [-0.2, 0) is 21.2 Å². The summed E-state index contributed by atoms with van der Waals surface area (Å²) in [5.74, 6) is -0.781. The minimum absolute atomic E-state index is 0.0248. The number of imide groups is 1. The van der Waals surface area contributed by atoms with Gasteiger partial charge in [-0.05, 0) is 42.3 Å². The van der Waals surface area contributed by atoms with E-state index in [1.165, 1.54) is 29.4 Å². The number of amides is 2. The Morgan fingerprint density at radius 2 is 1.48 bits per heavy atom. The summed E-state index contributed by atoms with van der Waals surface area (Å²) in [6.07, 6.45) is 3.53. The molecule has 0 aliphatic carbocycles. The van der Waals surface area contributed by atoms with Crippen molar-refractivity contribution in [3.05, 3.63) is 83.7 Å². The van der Waals surface area contributed by atoms with Crippen LogP contribution in [0.4, 0.5) is 5.95 Å². The van der Waals surface area contributed by atoms with E-state index in [2.05, 4.69) is 14.7 Å². The molecule has 0 radical (unpaired) electrons. The minimum atomic E-state index is -3.84. The van der Waals surface area contributed by atoms with Crippen molar-refractivity contribution in [2.75, 3.05) is 11.3 Å². The van der Waals surface area contributed by atoms with Gasteiger partial charge in [0.05, 0.1) is 16.0 Å². The predicted molar refractivity (Wildman–Crippen MR) is 119 cm³/mol. The van der Waals surface area contributed by atoms with Gasteiger partial charge in [-0.1, -0.05) is 24.3 Å². The third-order valence-corrected chi connectivity index (χ3v) is 6.49. The predicted octanol–water partition coefficient (Wildman–Crippen LogP) is 2.47. The highest BCUT2D eigenvalue weighted by atomic mass is 32.2. The van der Waals surface area contributed by atoms with Gasteiger partial charge in [0.25, 0.3) is 21.8 Å². The van der Waals surface area contributed by atoms with Crippen LogP contribution < -0.4 is 4.72 Å². The average molecular weight is 465 g/mol. The van der Waals surface area contributed by atoms with Crippen LogP contribution in [-0.4, -0.2) is 47.4 Å². The number of hydrogen-bond donors (Lipinski definition) is 1. The van der Waals surface area contributed by atoms with Crippen LogP contribution in [0.2, 0.25) is 0 Å². The van der Waals surface area contributed by atoms with E-state index < -0.39 is 10.0 Å². The van der Waals surface area contributed by atoms with Gasteiger partial charge >= 0.3 is 0 Å². The molecule has 2 amide bonds. The largest absolute Gasteiger partial charge is 0.299 e. The van der Waals surface area contributed by atoms with Crippen molar-refractivity contribution in [1.29, 1.82) is 0 Å². The molecule has 10 heteroatoms. The van der Waals surface area contributed by atoms with E-state index in [9.17, 15) is 22.8 Å². The molecule has 2 heterocycles. The van der Waals surface area contributed by atoms with Crippen molar-refractivity contribution in [2.45, 2.75) is 24.2 Å². The third kappa shape index (κ3) is 4.96. The van der Waals surface area contributed by atoms with E-state index in [1.54, 1.807) is 42.5 Å². The summed E-state index contributed by atoms with van der Waals surface area (Å²) in [6.45, 7) is 0.169. The normalized spacial score (nSPS) is 13.2. The lowest BCUT2D eigenvalue weighted by atomic mass is 10.1. The second-order valence-corrected chi connectivity index (χ2v) is 9.13. The van der Waals surface area contributed by atoms with Gasteiger partial charge in [-0.25, -0.2) is 23.1 Å². The molecule has 0 atom stereocenters. The maximum Gasteiger partial charge on any atom is 0.264 e. The minimum Gasteiger partial charge on any atom is -0.299 e. The number of Topliss-reactive ketones (excluding diaryl/α,β-unsaturated/α-hetero) is 1. The summed E-state index contributed by atoms with van der Waals surface area (Å²) in [4.78, 5) is 45.9. The van der Waals surface area contributed by atoms with Gasteiger partial charge in [0.1, 0.15) is 5.78 Å². The Hall–Kier alpha value is -3.92. The average Bonchev–Trinajstić information content (AvgIpc) is 3.05. The fraction of sp³-hybridized carbons (Fsp3) is 0.174. The van der Waals surface area contributed by atoms with Gasteiger partial charge in [0.15, 0.2) is 0 Å².